The Balaban J connectivity index is 1.54. The van der Waals surface area contributed by atoms with E-state index < -0.39 is 0 Å². The highest BCUT2D eigenvalue weighted by molar-refractivity contribution is 6.30. The minimum absolute atomic E-state index is 0.145. The van der Waals surface area contributed by atoms with Crippen molar-refractivity contribution in [1.82, 2.24) is 10.3 Å². The number of nitrogens with one attached hydrogen (secondary N) is 2. The van der Waals surface area contributed by atoms with Gasteiger partial charge < -0.3 is 10.2 Å². The third-order valence-corrected chi connectivity index (χ3v) is 4.20. The first-order valence-corrected chi connectivity index (χ1v) is 7.88. The van der Waals surface area contributed by atoms with Crippen molar-refractivity contribution in [3.05, 3.63) is 64.9 Å². The Labute approximate surface area is 135 Å². The van der Waals surface area contributed by atoms with Crippen LogP contribution >= 0.6 is 11.6 Å². The number of carbonyl (C=O) groups excluding carboxylic acids is 1. The number of pyridine rings is 1. The summed E-state index contributed by atoms with van der Waals surface area (Å²) in [5.41, 5.74) is 1.71. The molecule has 1 aromatic carbocycles. The summed E-state index contributed by atoms with van der Waals surface area (Å²) in [6, 6.07) is 13.9. The zero-order chi connectivity index (χ0) is 15.4. The number of aromatic nitrogens is 1. The van der Waals surface area contributed by atoms with Crippen molar-refractivity contribution in [1.29, 1.82) is 0 Å². The number of quaternary nitrogens is 1. The van der Waals surface area contributed by atoms with Crippen molar-refractivity contribution in [2.75, 3.05) is 13.1 Å². The van der Waals surface area contributed by atoms with E-state index in [1.165, 1.54) is 10.5 Å². The second kappa shape index (κ2) is 6.90. The molecule has 22 heavy (non-hydrogen) atoms. The van der Waals surface area contributed by atoms with Gasteiger partial charge in [-0.3, -0.25) is 9.78 Å². The fraction of sp³-hybridized carbons (Fsp3) is 0.294. The maximum atomic E-state index is 12.2. The van der Waals surface area contributed by atoms with E-state index in [1.807, 2.05) is 6.07 Å². The van der Waals surface area contributed by atoms with Crippen molar-refractivity contribution < 1.29 is 9.69 Å². The van der Waals surface area contributed by atoms with Crippen LogP contribution in [0.2, 0.25) is 5.02 Å². The van der Waals surface area contributed by atoms with Gasteiger partial charge in [0.25, 0.3) is 5.91 Å². The number of rotatable bonds is 4. The molecule has 1 aliphatic heterocycles. The highest BCUT2D eigenvalue weighted by Crippen LogP contribution is 2.08. The van der Waals surface area contributed by atoms with Crippen molar-refractivity contribution >= 4 is 17.5 Å². The van der Waals surface area contributed by atoms with Gasteiger partial charge in [-0.25, -0.2) is 0 Å². The van der Waals surface area contributed by atoms with E-state index >= 15 is 0 Å². The van der Waals surface area contributed by atoms with Gasteiger partial charge in [0.15, 0.2) is 0 Å². The van der Waals surface area contributed by atoms with Gasteiger partial charge in [0.2, 0.25) is 0 Å². The molecule has 1 aliphatic rings. The molecule has 0 spiro atoms. The Morgan fingerprint density at radius 3 is 2.91 bits per heavy atom. The van der Waals surface area contributed by atoms with Crippen LogP contribution in [0.15, 0.2) is 48.7 Å². The van der Waals surface area contributed by atoms with E-state index in [0.717, 1.165) is 26.1 Å². The minimum Gasteiger partial charge on any atom is -0.342 e. The summed E-state index contributed by atoms with van der Waals surface area (Å²) in [5.74, 6) is -0.145. The normalized spacial score (nSPS) is 20.8. The van der Waals surface area contributed by atoms with Crippen LogP contribution in [0, 0.1) is 0 Å². The molecule has 1 aromatic heterocycles. The van der Waals surface area contributed by atoms with E-state index in [9.17, 15) is 4.79 Å². The lowest BCUT2D eigenvalue weighted by Gasteiger charge is -2.14. The van der Waals surface area contributed by atoms with E-state index in [-0.39, 0.29) is 11.9 Å². The SMILES string of the molecule is O=C(N[C@@H]1CC[NH+](Cc2ccccc2)C1)c1cc(Cl)ccn1. The molecule has 0 bridgehead atoms. The first-order chi connectivity index (χ1) is 10.7. The number of nitrogens with zero attached hydrogens (tertiary/aromatic N) is 1. The first kappa shape index (κ1) is 15.0. The Bertz CT molecular complexity index is 647. The van der Waals surface area contributed by atoms with Gasteiger partial charge in [-0.1, -0.05) is 41.9 Å². The van der Waals surface area contributed by atoms with Crippen molar-refractivity contribution in [2.45, 2.75) is 19.0 Å². The van der Waals surface area contributed by atoms with E-state index in [0.29, 0.717) is 10.7 Å². The third kappa shape index (κ3) is 3.84. The average Bonchev–Trinajstić information content (AvgIpc) is 2.95. The minimum atomic E-state index is -0.145. The van der Waals surface area contributed by atoms with Crippen molar-refractivity contribution in [3.63, 3.8) is 0 Å². The molecule has 2 N–H and O–H groups in total. The summed E-state index contributed by atoms with van der Waals surface area (Å²) in [6.45, 7) is 3.02. The number of carbonyl (C=O) groups is 1. The highest BCUT2D eigenvalue weighted by Gasteiger charge is 2.27. The lowest BCUT2D eigenvalue weighted by Crippen LogP contribution is -3.09. The largest absolute Gasteiger partial charge is 0.342 e. The first-order valence-electron chi connectivity index (χ1n) is 7.50. The van der Waals surface area contributed by atoms with Crippen LogP contribution in [-0.2, 0) is 6.54 Å². The average molecular weight is 317 g/mol. The van der Waals surface area contributed by atoms with Gasteiger partial charge in [0, 0.05) is 23.2 Å². The Morgan fingerprint density at radius 1 is 1.32 bits per heavy atom. The number of hydrogen-bond donors (Lipinski definition) is 2. The van der Waals surface area contributed by atoms with Gasteiger partial charge >= 0.3 is 0 Å². The molecule has 0 saturated carbocycles. The van der Waals surface area contributed by atoms with Gasteiger partial charge in [-0.05, 0) is 12.1 Å². The third-order valence-electron chi connectivity index (χ3n) is 3.97. The van der Waals surface area contributed by atoms with Crippen LogP contribution in [0.1, 0.15) is 22.5 Å². The summed E-state index contributed by atoms with van der Waals surface area (Å²) in [6.07, 6.45) is 2.55. The smallest absolute Gasteiger partial charge is 0.270 e. The molecule has 3 rings (SSSR count). The molecule has 1 fully saturated rings. The molecule has 1 amide bonds. The molecule has 0 aliphatic carbocycles. The quantitative estimate of drug-likeness (QED) is 0.894. The number of likely N-dealkylation sites (tertiary alicyclic amines) is 1. The summed E-state index contributed by atoms with van der Waals surface area (Å²) in [5, 5.41) is 3.59. The van der Waals surface area contributed by atoms with Gasteiger partial charge in [0.05, 0.1) is 19.1 Å². The standard InChI is InChI=1S/C17H18ClN3O/c18-14-6-8-19-16(10-14)17(22)20-15-7-9-21(12-15)11-13-4-2-1-3-5-13/h1-6,8,10,15H,7,9,11-12H2,(H,20,22)/p+1/t15-/m1/s1. The molecule has 0 radical (unpaired) electrons. The fourth-order valence-electron chi connectivity index (χ4n) is 2.89. The number of benzene rings is 1. The molecule has 5 heteroatoms. The lowest BCUT2D eigenvalue weighted by atomic mass is 10.2. The fourth-order valence-corrected chi connectivity index (χ4v) is 3.05. The van der Waals surface area contributed by atoms with Gasteiger partial charge in [-0.2, -0.15) is 0 Å². The molecule has 2 aromatic rings. The predicted molar refractivity (Wildman–Crippen MR) is 86.0 cm³/mol. The van der Waals surface area contributed by atoms with E-state index in [1.54, 1.807) is 18.3 Å². The Kier molecular flexibility index (Phi) is 4.71. The topological polar surface area (TPSA) is 46.4 Å². The molecule has 4 nitrogen and oxygen atoms in total. The number of hydrogen-bond acceptors (Lipinski definition) is 2. The van der Waals surface area contributed by atoms with Crippen molar-refractivity contribution in [3.8, 4) is 0 Å². The Hall–Kier alpha value is -1.91. The molecular formula is C17H19ClN3O+. The van der Waals surface area contributed by atoms with Crippen LogP contribution in [0.3, 0.4) is 0 Å². The van der Waals surface area contributed by atoms with E-state index in [2.05, 4.69) is 34.6 Å². The summed E-state index contributed by atoms with van der Waals surface area (Å²) >= 11 is 5.89. The molecule has 1 unspecified atom stereocenters. The number of amides is 1. The molecule has 114 valence electrons. The van der Waals surface area contributed by atoms with Gasteiger partial charge in [-0.15, -0.1) is 0 Å². The summed E-state index contributed by atoms with van der Waals surface area (Å²) in [4.78, 5) is 17.7. The molecule has 1 saturated heterocycles. The monoisotopic (exact) mass is 316 g/mol. The van der Waals surface area contributed by atoms with Crippen molar-refractivity contribution in [2.24, 2.45) is 0 Å². The van der Waals surface area contributed by atoms with Crippen LogP contribution in [0.25, 0.3) is 0 Å². The zero-order valence-electron chi connectivity index (χ0n) is 12.3. The zero-order valence-corrected chi connectivity index (χ0v) is 13.0. The lowest BCUT2D eigenvalue weighted by molar-refractivity contribution is -0.901. The molecule has 2 heterocycles. The van der Waals surface area contributed by atoms with Crippen LogP contribution in [0.5, 0.6) is 0 Å². The van der Waals surface area contributed by atoms with Crippen LogP contribution in [-0.4, -0.2) is 30.0 Å². The maximum Gasteiger partial charge on any atom is 0.270 e. The summed E-state index contributed by atoms with van der Waals surface area (Å²) in [7, 11) is 0. The predicted octanol–water partition coefficient (Wildman–Crippen LogP) is 1.32. The molecule has 2 atom stereocenters. The number of halogens is 1. The van der Waals surface area contributed by atoms with Crippen LogP contribution in [0.4, 0.5) is 0 Å². The van der Waals surface area contributed by atoms with E-state index in [4.69, 9.17) is 11.6 Å². The maximum absolute atomic E-state index is 12.2. The van der Waals surface area contributed by atoms with Crippen LogP contribution < -0.4 is 10.2 Å². The molecular weight excluding hydrogens is 298 g/mol. The second-order valence-corrected chi connectivity index (χ2v) is 6.12. The summed E-state index contributed by atoms with van der Waals surface area (Å²) < 4.78 is 0. The highest BCUT2D eigenvalue weighted by atomic mass is 35.5. The van der Waals surface area contributed by atoms with Gasteiger partial charge in [0.1, 0.15) is 12.2 Å². The Morgan fingerprint density at radius 2 is 2.14 bits per heavy atom. The second-order valence-electron chi connectivity index (χ2n) is 5.68.